The maximum atomic E-state index is 11.8. The average Bonchev–Trinajstić information content (AvgIpc) is 2.76. The van der Waals surface area contributed by atoms with Gasteiger partial charge in [-0.1, -0.05) is 12.8 Å². The molecule has 2 heterocycles. The first-order valence-corrected chi connectivity index (χ1v) is 7.09. The van der Waals surface area contributed by atoms with E-state index in [2.05, 4.69) is 10.2 Å². The van der Waals surface area contributed by atoms with E-state index in [9.17, 15) is 4.79 Å². The number of carbonyl (C=O) groups is 1. The van der Waals surface area contributed by atoms with E-state index in [4.69, 9.17) is 10.2 Å². The first-order valence-electron chi connectivity index (χ1n) is 7.09. The fourth-order valence-corrected chi connectivity index (χ4v) is 2.38. The first kappa shape index (κ1) is 14.1. The Bertz CT molecular complexity index is 395. The van der Waals surface area contributed by atoms with E-state index < -0.39 is 0 Å². The highest BCUT2D eigenvalue weighted by Crippen LogP contribution is 2.09. The molecule has 1 saturated heterocycles. The normalized spacial score (nSPS) is 17.1. The number of amides is 1. The number of hydrogen-bond acceptors (Lipinski definition) is 4. The predicted octanol–water partition coefficient (Wildman–Crippen LogP) is 1.34. The molecule has 0 bridgehead atoms. The summed E-state index contributed by atoms with van der Waals surface area (Å²) in [6.45, 7) is 4.19. The largest absolute Gasteiger partial charge is 0.455 e. The van der Waals surface area contributed by atoms with Gasteiger partial charge in [-0.25, -0.2) is 0 Å². The third kappa shape index (κ3) is 4.36. The summed E-state index contributed by atoms with van der Waals surface area (Å²) in [6, 6.07) is 3.41. The number of nitrogens with two attached hydrogens (primary N) is 1. The molecule has 1 aromatic heterocycles. The van der Waals surface area contributed by atoms with Crippen LogP contribution < -0.4 is 11.1 Å². The van der Waals surface area contributed by atoms with Crippen molar-refractivity contribution in [2.24, 2.45) is 5.73 Å². The van der Waals surface area contributed by atoms with Crippen LogP contribution >= 0.6 is 0 Å². The van der Waals surface area contributed by atoms with Crippen LogP contribution in [0.1, 0.15) is 42.0 Å². The van der Waals surface area contributed by atoms with Crippen molar-refractivity contribution in [3.05, 3.63) is 23.7 Å². The minimum absolute atomic E-state index is 0.158. The molecule has 2 rings (SSSR count). The number of rotatable bonds is 5. The Labute approximate surface area is 114 Å². The third-order valence-corrected chi connectivity index (χ3v) is 3.50. The molecule has 106 valence electrons. The summed E-state index contributed by atoms with van der Waals surface area (Å²) in [4.78, 5) is 14.2. The lowest BCUT2D eigenvalue weighted by atomic mass is 10.2. The van der Waals surface area contributed by atoms with Crippen LogP contribution in [0.5, 0.6) is 0 Å². The van der Waals surface area contributed by atoms with Crippen LogP contribution in [0.2, 0.25) is 0 Å². The van der Waals surface area contributed by atoms with Gasteiger partial charge in [-0.2, -0.15) is 0 Å². The van der Waals surface area contributed by atoms with Crippen LogP contribution in [0.25, 0.3) is 0 Å². The van der Waals surface area contributed by atoms with Crippen molar-refractivity contribution in [3.63, 3.8) is 0 Å². The van der Waals surface area contributed by atoms with Crippen molar-refractivity contribution in [2.45, 2.75) is 32.2 Å². The van der Waals surface area contributed by atoms with E-state index in [0.29, 0.717) is 24.6 Å². The molecule has 0 spiro atoms. The molecule has 0 unspecified atom stereocenters. The second-order valence-corrected chi connectivity index (χ2v) is 4.98. The summed E-state index contributed by atoms with van der Waals surface area (Å²) in [5.74, 6) is 0.823. The SMILES string of the molecule is NCc1ccc(C(=O)NCCN2CCCCCC2)o1. The summed E-state index contributed by atoms with van der Waals surface area (Å²) >= 11 is 0. The quantitative estimate of drug-likeness (QED) is 0.843. The number of nitrogens with one attached hydrogen (secondary N) is 1. The van der Waals surface area contributed by atoms with E-state index >= 15 is 0 Å². The zero-order valence-electron chi connectivity index (χ0n) is 11.4. The Morgan fingerprint density at radius 2 is 2.00 bits per heavy atom. The minimum Gasteiger partial charge on any atom is -0.455 e. The van der Waals surface area contributed by atoms with Gasteiger partial charge in [-0.15, -0.1) is 0 Å². The van der Waals surface area contributed by atoms with Crippen molar-refractivity contribution in [3.8, 4) is 0 Å². The number of hydrogen-bond donors (Lipinski definition) is 2. The number of carbonyl (C=O) groups excluding carboxylic acids is 1. The van der Waals surface area contributed by atoms with Crippen molar-refractivity contribution in [1.82, 2.24) is 10.2 Å². The molecule has 5 nitrogen and oxygen atoms in total. The van der Waals surface area contributed by atoms with Gasteiger partial charge in [0.25, 0.3) is 5.91 Å². The lowest BCUT2D eigenvalue weighted by Crippen LogP contribution is -2.35. The van der Waals surface area contributed by atoms with Crippen LogP contribution in [-0.4, -0.2) is 37.0 Å². The topological polar surface area (TPSA) is 71.5 Å². The zero-order chi connectivity index (χ0) is 13.5. The molecule has 0 atom stereocenters. The Morgan fingerprint density at radius 1 is 1.26 bits per heavy atom. The van der Waals surface area contributed by atoms with Gasteiger partial charge in [-0.05, 0) is 38.1 Å². The zero-order valence-corrected chi connectivity index (χ0v) is 11.4. The smallest absolute Gasteiger partial charge is 0.287 e. The molecule has 0 radical (unpaired) electrons. The molecular formula is C14H23N3O2. The highest BCUT2D eigenvalue weighted by Gasteiger charge is 2.12. The van der Waals surface area contributed by atoms with Gasteiger partial charge in [0.2, 0.25) is 0 Å². The summed E-state index contributed by atoms with van der Waals surface area (Å²) < 4.78 is 5.31. The fraction of sp³-hybridized carbons (Fsp3) is 0.643. The second-order valence-electron chi connectivity index (χ2n) is 4.98. The summed E-state index contributed by atoms with van der Waals surface area (Å²) in [7, 11) is 0. The third-order valence-electron chi connectivity index (χ3n) is 3.50. The molecule has 1 aliphatic heterocycles. The van der Waals surface area contributed by atoms with Crippen LogP contribution in [0.4, 0.5) is 0 Å². The van der Waals surface area contributed by atoms with E-state index in [1.165, 1.54) is 25.7 Å². The van der Waals surface area contributed by atoms with Crippen LogP contribution in [0, 0.1) is 0 Å². The number of likely N-dealkylation sites (tertiary alicyclic amines) is 1. The number of furan rings is 1. The van der Waals surface area contributed by atoms with Gasteiger partial charge >= 0.3 is 0 Å². The minimum atomic E-state index is -0.158. The van der Waals surface area contributed by atoms with Gasteiger partial charge in [0.1, 0.15) is 5.76 Å². The van der Waals surface area contributed by atoms with E-state index in [1.807, 2.05) is 0 Å². The molecule has 5 heteroatoms. The van der Waals surface area contributed by atoms with Crippen molar-refractivity contribution < 1.29 is 9.21 Å². The fourth-order valence-electron chi connectivity index (χ4n) is 2.38. The monoisotopic (exact) mass is 265 g/mol. The molecule has 1 aliphatic rings. The maximum Gasteiger partial charge on any atom is 0.287 e. The molecular weight excluding hydrogens is 242 g/mol. The van der Waals surface area contributed by atoms with Crippen LogP contribution in [-0.2, 0) is 6.54 Å². The van der Waals surface area contributed by atoms with E-state index in [1.54, 1.807) is 12.1 Å². The molecule has 1 aromatic rings. The molecule has 19 heavy (non-hydrogen) atoms. The highest BCUT2D eigenvalue weighted by atomic mass is 16.4. The Morgan fingerprint density at radius 3 is 2.63 bits per heavy atom. The Hall–Kier alpha value is -1.33. The number of nitrogens with zero attached hydrogens (tertiary/aromatic N) is 1. The lowest BCUT2D eigenvalue weighted by Gasteiger charge is -2.19. The van der Waals surface area contributed by atoms with Crippen molar-refractivity contribution >= 4 is 5.91 Å². The van der Waals surface area contributed by atoms with Crippen LogP contribution in [0.15, 0.2) is 16.5 Å². The van der Waals surface area contributed by atoms with Gasteiger partial charge in [0.15, 0.2) is 5.76 Å². The molecule has 0 saturated carbocycles. The average molecular weight is 265 g/mol. The maximum absolute atomic E-state index is 11.8. The lowest BCUT2D eigenvalue weighted by molar-refractivity contribution is 0.0919. The molecule has 1 fully saturated rings. The first-order chi connectivity index (χ1) is 9.29. The summed E-state index contributed by atoms with van der Waals surface area (Å²) in [5, 5.41) is 2.89. The van der Waals surface area contributed by atoms with Crippen molar-refractivity contribution in [2.75, 3.05) is 26.2 Å². The summed E-state index contributed by atoms with van der Waals surface area (Å²) in [5.41, 5.74) is 5.44. The Kier molecular flexibility index (Phi) is 5.42. The van der Waals surface area contributed by atoms with E-state index in [-0.39, 0.29) is 5.91 Å². The van der Waals surface area contributed by atoms with E-state index in [0.717, 1.165) is 19.6 Å². The predicted molar refractivity (Wildman–Crippen MR) is 73.8 cm³/mol. The molecule has 0 aliphatic carbocycles. The van der Waals surface area contributed by atoms with Crippen molar-refractivity contribution in [1.29, 1.82) is 0 Å². The standard InChI is InChI=1S/C14H23N3O2/c15-11-12-5-6-13(19-12)14(18)16-7-10-17-8-3-1-2-4-9-17/h5-6H,1-4,7-11,15H2,(H,16,18). The van der Waals surface area contributed by atoms with Gasteiger partial charge < -0.3 is 20.4 Å². The Balaban J connectivity index is 1.71. The van der Waals surface area contributed by atoms with Gasteiger partial charge in [-0.3, -0.25) is 4.79 Å². The molecule has 3 N–H and O–H groups in total. The molecule has 1 amide bonds. The van der Waals surface area contributed by atoms with Gasteiger partial charge in [0, 0.05) is 13.1 Å². The van der Waals surface area contributed by atoms with Gasteiger partial charge in [0.05, 0.1) is 6.54 Å². The molecule has 0 aromatic carbocycles. The second kappa shape index (κ2) is 7.31. The summed E-state index contributed by atoms with van der Waals surface area (Å²) in [6.07, 6.45) is 5.20. The van der Waals surface area contributed by atoms with Crippen LogP contribution in [0.3, 0.4) is 0 Å². The highest BCUT2D eigenvalue weighted by molar-refractivity contribution is 5.91.